The molecule has 1 amide bonds. The third-order valence-electron chi connectivity index (χ3n) is 3.81. The van der Waals surface area contributed by atoms with Crippen molar-refractivity contribution in [1.82, 2.24) is 4.90 Å². The molecule has 4 nitrogen and oxygen atoms in total. The Morgan fingerprint density at radius 1 is 1.45 bits per heavy atom. The van der Waals surface area contributed by atoms with E-state index < -0.39 is 5.60 Å². The van der Waals surface area contributed by atoms with Gasteiger partial charge in [0.05, 0.1) is 18.3 Å². The molecule has 0 heterocycles. The number of hydrogen-bond acceptors (Lipinski definition) is 3. The number of halogens is 1. The van der Waals surface area contributed by atoms with Crippen LogP contribution in [0.3, 0.4) is 0 Å². The van der Waals surface area contributed by atoms with Gasteiger partial charge in [-0.2, -0.15) is 0 Å². The van der Waals surface area contributed by atoms with Gasteiger partial charge in [0.2, 0.25) is 0 Å². The molecule has 5 heteroatoms. The molecule has 0 aromatic heterocycles. The third kappa shape index (κ3) is 3.25. The molecule has 0 saturated heterocycles. The van der Waals surface area contributed by atoms with Crippen LogP contribution in [-0.4, -0.2) is 42.2 Å². The van der Waals surface area contributed by atoms with Gasteiger partial charge in [0.15, 0.2) is 0 Å². The number of carbonyl (C=O) groups excluding carboxylic acids is 1. The molecule has 1 aromatic rings. The molecule has 1 aliphatic carbocycles. The van der Waals surface area contributed by atoms with Crippen molar-refractivity contribution in [3.05, 3.63) is 28.8 Å². The van der Waals surface area contributed by atoms with Gasteiger partial charge in [-0.05, 0) is 31.0 Å². The lowest BCUT2D eigenvalue weighted by molar-refractivity contribution is 0.0155. The fraction of sp³-hybridized carbons (Fsp3) is 0.533. The number of rotatable bonds is 4. The Kier molecular flexibility index (Phi) is 4.55. The highest BCUT2D eigenvalue weighted by atomic mass is 35.5. The fourth-order valence-corrected chi connectivity index (χ4v) is 2.91. The van der Waals surface area contributed by atoms with E-state index in [4.69, 9.17) is 16.3 Å². The van der Waals surface area contributed by atoms with Crippen LogP contribution in [0.4, 0.5) is 0 Å². The number of ether oxygens (including phenoxy) is 1. The van der Waals surface area contributed by atoms with Crippen LogP contribution in [-0.2, 0) is 0 Å². The fourth-order valence-electron chi connectivity index (χ4n) is 2.75. The van der Waals surface area contributed by atoms with E-state index in [1.54, 1.807) is 30.1 Å². The second-order valence-corrected chi connectivity index (χ2v) is 5.87. The summed E-state index contributed by atoms with van der Waals surface area (Å²) >= 11 is 5.89. The Morgan fingerprint density at radius 2 is 2.10 bits per heavy atom. The van der Waals surface area contributed by atoms with Crippen LogP contribution in [0, 0.1) is 0 Å². The molecule has 0 spiro atoms. The minimum Gasteiger partial charge on any atom is -0.496 e. The SMILES string of the molecule is COc1cc(Cl)ccc1C(=O)N(C)CC1(O)CCCC1. The number of likely N-dealkylation sites (N-methyl/N-ethyl adjacent to an activating group) is 1. The molecule has 0 unspecified atom stereocenters. The van der Waals surface area contributed by atoms with Crippen molar-refractivity contribution in [2.45, 2.75) is 31.3 Å². The molecule has 0 bridgehead atoms. The Labute approximate surface area is 124 Å². The second kappa shape index (κ2) is 6.02. The molecule has 1 N–H and O–H groups in total. The first-order valence-corrected chi connectivity index (χ1v) is 7.14. The Hall–Kier alpha value is -1.26. The summed E-state index contributed by atoms with van der Waals surface area (Å²) in [6, 6.07) is 4.93. The molecule has 0 radical (unpaired) electrons. The molecule has 110 valence electrons. The molecular weight excluding hydrogens is 278 g/mol. The highest BCUT2D eigenvalue weighted by molar-refractivity contribution is 6.30. The van der Waals surface area contributed by atoms with E-state index in [0.29, 0.717) is 22.9 Å². The Bertz CT molecular complexity index is 498. The standard InChI is InChI=1S/C15H20ClNO3/c1-17(10-15(19)7-3-4-8-15)14(18)12-6-5-11(16)9-13(12)20-2/h5-6,9,19H,3-4,7-8,10H2,1-2H3. The van der Waals surface area contributed by atoms with E-state index in [9.17, 15) is 9.90 Å². The minimum atomic E-state index is -0.746. The first-order chi connectivity index (χ1) is 9.45. The van der Waals surface area contributed by atoms with Crippen molar-refractivity contribution in [1.29, 1.82) is 0 Å². The smallest absolute Gasteiger partial charge is 0.257 e. The van der Waals surface area contributed by atoms with E-state index in [0.717, 1.165) is 25.7 Å². The van der Waals surface area contributed by atoms with E-state index in [-0.39, 0.29) is 5.91 Å². The lowest BCUT2D eigenvalue weighted by Gasteiger charge is -2.29. The van der Waals surface area contributed by atoms with Crippen LogP contribution < -0.4 is 4.74 Å². The van der Waals surface area contributed by atoms with Crippen LogP contribution in [0.2, 0.25) is 5.02 Å². The molecule has 1 fully saturated rings. The molecule has 0 aliphatic heterocycles. The molecule has 2 rings (SSSR count). The quantitative estimate of drug-likeness (QED) is 0.929. The lowest BCUT2D eigenvalue weighted by atomic mass is 10.0. The summed E-state index contributed by atoms with van der Waals surface area (Å²) in [6.07, 6.45) is 3.54. The molecule has 1 saturated carbocycles. The minimum absolute atomic E-state index is 0.168. The number of hydrogen-bond donors (Lipinski definition) is 1. The summed E-state index contributed by atoms with van der Waals surface area (Å²) < 4.78 is 5.20. The van der Waals surface area contributed by atoms with Gasteiger partial charge in [0, 0.05) is 18.6 Å². The largest absolute Gasteiger partial charge is 0.496 e. The number of benzene rings is 1. The lowest BCUT2D eigenvalue weighted by Crippen LogP contribution is -2.42. The summed E-state index contributed by atoms with van der Waals surface area (Å²) in [6.45, 7) is 0.345. The zero-order valence-electron chi connectivity index (χ0n) is 11.9. The zero-order chi connectivity index (χ0) is 14.8. The molecule has 20 heavy (non-hydrogen) atoms. The topological polar surface area (TPSA) is 49.8 Å². The van der Waals surface area contributed by atoms with Gasteiger partial charge in [-0.1, -0.05) is 24.4 Å². The monoisotopic (exact) mass is 297 g/mol. The normalized spacial score (nSPS) is 17.0. The van der Waals surface area contributed by atoms with E-state index in [1.807, 2.05) is 0 Å². The highest BCUT2D eigenvalue weighted by Gasteiger charge is 2.34. The molecular formula is C15H20ClNO3. The predicted octanol–water partition coefficient (Wildman–Crippen LogP) is 2.73. The Morgan fingerprint density at radius 3 is 2.70 bits per heavy atom. The predicted molar refractivity (Wildman–Crippen MR) is 78.4 cm³/mol. The number of methoxy groups -OCH3 is 1. The third-order valence-corrected chi connectivity index (χ3v) is 4.04. The molecule has 1 aliphatic rings. The summed E-state index contributed by atoms with van der Waals surface area (Å²) in [5.74, 6) is 0.284. The average Bonchev–Trinajstić information content (AvgIpc) is 2.84. The van der Waals surface area contributed by atoms with Crippen LogP contribution in [0.25, 0.3) is 0 Å². The first kappa shape index (κ1) is 15.1. The first-order valence-electron chi connectivity index (χ1n) is 6.76. The van der Waals surface area contributed by atoms with Crippen LogP contribution in [0.1, 0.15) is 36.0 Å². The van der Waals surface area contributed by atoms with Gasteiger partial charge >= 0.3 is 0 Å². The summed E-state index contributed by atoms with van der Waals surface area (Å²) in [5, 5.41) is 10.9. The van der Waals surface area contributed by atoms with Crippen molar-refractivity contribution in [3.8, 4) is 5.75 Å². The van der Waals surface area contributed by atoms with Crippen molar-refractivity contribution in [2.75, 3.05) is 20.7 Å². The van der Waals surface area contributed by atoms with Gasteiger partial charge < -0.3 is 14.7 Å². The van der Waals surface area contributed by atoms with Gasteiger partial charge in [-0.25, -0.2) is 0 Å². The van der Waals surface area contributed by atoms with Crippen molar-refractivity contribution in [3.63, 3.8) is 0 Å². The maximum absolute atomic E-state index is 12.5. The summed E-state index contributed by atoms with van der Waals surface area (Å²) in [4.78, 5) is 14.0. The van der Waals surface area contributed by atoms with E-state index >= 15 is 0 Å². The average molecular weight is 298 g/mol. The van der Waals surface area contributed by atoms with Crippen LogP contribution in [0.15, 0.2) is 18.2 Å². The van der Waals surface area contributed by atoms with Gasteiger partial charge in [-0.3, -0.25) is 4.79 Å². The number of carbonyl (C=O) groups is 1. The number of aliphatic hydroxyl groups is 1. The zero-order valence-corrected chi connectivity index (χ0v) is 12.6. The second-order valence-electron chi connectivity index (χ2n) is 5.44. The van der Waals surface area contributed by atoms with Gasteiger partial charge in [0.1, 0.15) is 5.75 Å². The van der Waals surface area contributed by atoms with E-state index in [2.05, 4.69) is 0 Å². The van der Waals surface area contributed by atoms with Crippen LogP contribution in [0.5, 0.6) is 5.75 Å². The maximum Gasteiger partial charge on any atom is 0.257 e. The van der Waals surface area contributed by atoms with E-state index in [1.165, 1.54) is 7.11 Å². The van der Waals surface area contributed by atoms with Crippen molar-refractivity contribution < 1.29 is 14.6 Å². The van der Waals surface area contributed by atoms with Gasteiger partial charge in [-0.15, -0.1) is 0 Å². The summed E-state index contributed by atoms with van der Waals surface area (Å²) in [7, 11) is 3.21. The number of nitrogens with zero attached hydrogens (tertiary/aromatic N) is 1. The Balaban J connectivity index is 2.14. The molecule has 1 aromatic carbocycles. The molecule has 0 atom stereocenters. The van der Waals surface area contributed by atoms with Crippen LogP contribution >= 0.6 is 11.6 Å². The number of amides is 1. The highest BCUT2D eigenvalue weighted by Crippen LogP contribution is 2.31. The maximum atomic E-state index is 12.5. The van der Waals surface area contributed by atoms with Crippen molar-refractivity contribution >= 4 is 17.5 Å². The summed E-state index contributed by atoms with van der Waals surface area (Å²) in [5.41, 5.74) is -0.287. The van der Waals surface area contributed by atoms with Gasteiger partial charge in [0.25, 0.3) is 5.91 Å². The van der Waals surface area contributed by atoms with Crippen molar-refractivity contribution in [2.24, 2.45) is 0 Å².